The molecule has 0 amide bonds. The second-order valence-electron chi connectivity index (χ2n) is 3.06. The highest BCUT2D eigenvalue weighted by atomic mass is 16.3. The van der Waals surface area contributed by atoms with E-state index >= 15 is 0 Å². The van der Waals surface area contributed by atoms with Gasteiger partial charge in [-0.2, -0.15) is 0 Å². The van der Waals surface area contributed by atoms with Gasteiger partial charge in [0.25, 0.3) is 0 Å². The van der Waals surface area contributed by atoms with Gasteiger partial charge in [0.2, 0.25) is 0 Å². The van der Waals surface area contributed by atoms with Gasteiger partial charge in [0.1, 0.15) is 6.61 Å². The van der Waals surface area contributed by atoms with E-state index in [1.165, 1.54) is 0 Å². The molecule has 0 spiro atoms. The molecular weight excluding hydrogens is 142 g/mol. The number of hydrogen-bond acceptors (Lipinski definition) is 1. The van der Waals surface area contributed by atoms with E-state index in [0.717, 1.165) is 17.6 Å². The van der Waals surface area contributed by atoms with Crippen molar-refractivity contribution >= 4 is 5.90 Å². The molecule has 0 saturated heterocycles. The third-order valence-corrected chi connectivity index (χ3v) is 1.90. The molecule has 1 heterocycles. The molecule has 0 bridgehead atoms. The Bertz CT molecular complexity index is 214. The fourth-order valence-corrected chi connectivity index (χ4v) is 1.23. The summed E-state index contributed by atoms with van der Waals surface area (Å²) in [6, 6.07) is -0.0000926. The van der Waals surface area contributed by atoms with Crippen LogP contribution in [0.4, 0.5) is 0 Å². The van der Waals surface area contributed by atoms with Crippen LogP contribution in [0.5, 0.6) is 0 Å². The van der Waals surface area contributed by atoms with E-state index in [2.05, 4.69) is 4.99 Å². The predicted octanol–water partition coefficient (Wildman–Crippen LogP) is -0.875. The molecule has 1 atom stereocenters. The molecule has 1 aliphatic rings. The summed E-state index contributed by atoms with van der Waals surface area (Å²) in [4.78, 5) is 2.80. The number of allylic oxidation sites excluding steroid dienone is 1. The van der Waals surface area contributed by atoms with Crippen LogP contribution in [0.1, 0.15) is 20.3 Å². The molecule has 3 N–H and O–H groups in total. The van der Waals surface area contributed by atoms with Gasteiger partial charge in [0.15, 0.2) is 6.04 Å². The lowest BCUT2D eigenvalue weighted by atomic mass is 10.1. The molecule has 0 aromatic heterocycles. The van der Waals surface area contributed by atoms with Crippen molar-refractivity contribution in [3.63, 3.8) is 0 Å². The third kappa shape index (κ3) is 1.60. The van der Waals surface area contributed by atoms with Crippen LogP contribution in [0.15, 0.2) is 11.1 Å². The summed E-state index contributed by atoms with van der Waals surface area (Å²) in [5.74, 6) is 0.226. The third-order valence-electron chi connectivity index (χ3n) is 1.90. The number of rotatable bonds is 1. The maximum absolute atomic E-state index is 9.30. The molecule has 0 unspecified atom stereocenters. The van der Waals surface area contributed by atoms with Crippen LogP contribution in [0, 0.1) is 0 Å². The van der Waals surface area contributed by atoms with Gasteiger partial charge in [-0.1, -0.05) is 5.57 Å². The smallest absolute Gasteiger partial charge is 0.362 e. The second-order valence-corrected chi connectivity index (χ2v) is 3.06. The van der Waals surface area contributed by atoms with Gasteiger partial charge >= 0.3 is 5.90 Å². The number of nitrogens with one attached hydrogen (secondary N) is 1. The number of aliphatic hydroxyl groups excluding tert-OH is 2. The Morgan fingerprint density at radius 1 is 1.64 bits per heavy atom. The fourth-order valence-electron chi connectivity index (χ4n) is 1.23. The van der Waals surface area contributed by atoms with Crippen LogP contribution >= 0.6 is 0 Å². The van der Waals surface area contributed by atoms with Gasteiger partial charge in [0, 0.05) is 6.42 Å². The lowest BCUT2D eigenvalue weighted by Crippen LogP contribution is -2.77. The lowest BCUT2D eigenvalue weighted by molar-refractivity contribution is -0.504. The Hall–Kier alpha value is -0.830. The summed E-state index contributed by atoms with van der Waals surface area (Å²) in [5, 5.41) is 18.1. The van der Waals surface area contributed by atoms with E-state index in [0.29, 0.717) is 0 Å². The lowest BCUT2D eigenvalue weighted by Gasteiger charge is -1.95. The largest absolute Gasteiger partial charge is 0.460 e. The summed E-state index contributed by atoms with van der Waals surface area (Å²) in [6.45, 7) is 3.97. The molecule has 3 nitrogen and oxygen atoms in total. The Kier molecular flexibility index (Phi) is 2.29. The van der Waals surface area contributed by atoms with Gasteiger partial charge in [-0.15, -0.1) is 0 Å². The molecule has 0 fully saturated rings. The van der Waals surface area contributed by atoms with Crippen LogP contribution in [-0.2, 0) is 0 Å². The van der Waals surface area contributed by atoms with Crippen molar-refractivity contribution in [1.29, 1.82) is 0 Å². The summed E-state index contributed by atoms with van der Waals surface area (Å²) in [5.41, 5.74) is 2.04. The Labute approximate surface area is 66.1 Å². The highest BCUT2D eigenvalue weighted by molar-refractivity contribution is 5.88. The number of hydrogen-bond donors (Lipinski definition) is 3. The van der Waals surface area contributed by atoms with E-state index in [1.54, 1.807) is 0 Å². The average molecular weight is 156 g/mol. The molecule has 62 valence electrons. The van der Waals surface area contributed by atoms with Crippen molar-refractivity contribution in [1.82, 2.24) is 0 Å². The maximum atomic E-state index is 9.30. The minimum Gasteiger partial charge on any atom is -0.460 e. The summed E-state index contributed by atoms with van der Waals surface area (Å²) in [7, 11) is 0. The standard InChI is InChI=1S/C8H13NO2/c1-5(2)7-3-6(4-10)9-8(7)11/h6,10H,3-4H2,1-2H3,(H,9,11)/p+1/t6-/m1/s1. The van der Waals surface area contributed by atoms with Gasteiger partial charge in [0.05, 0.1) is 5.57 Å². The van der Waals surface area contributed by atoms with Crippen LogP contribution < -0.4 is 4.99 Å². The molecule has 0 aliphatic carbocycles. The highest BCUT2D eigenvalue weighted by Crippen LogP contribution is 2.11. The minimum absolute atomic E-state index is 0.0000926. The second kappa shape index (κ2) is 3.05. The summed E-state index contributed by atoms with van der Waals surface area (Å²) in [6.07, 6.45) is 0.727. The van der Waals surface area contributed by atoms with E-state index in [9.17, 15) is 5.11 Å². The van der Waals surface area contributed by atoms with Crippen molar-refractivity contribution in [2.45, 2.75) is 26.3 Å². The molecule has 0 radical (unpaired) electrons. The zero-order valence-electron chi connectivity index (χ0n) is 6.89. The van der Waals surface area contributed by atoms with Crippen LogP contribution in [-0.4, -0.2) is 28.8 Å². The van der Waals surface area contributed by atoms with E-state index in [1.807, 2.05) is 13.8 Å². The highest BCUT2D eigenvalue weighted by Gasteiger charge is 2.28. The molecular formula is C8H14NO2+. The normalized spacial score (nSPS) is 23.7. The van der Waals surface area contributed by atoms with Gasteiger partial charge < -0.3 is 10.2 Å². The SMILES string of the molecule is CC(C)=C1C[C@H](CO)[NH+]=C1O. The van der Waals surface area contributed by atoms with Crippen molar-refractivity contribution in [3.05, 3.63) is 11.1 Å². The Morgan fingerprint density at radius 3 is 2.55 bits per heavy atom. The van der Waals surface area contributed by atoms with Crippen LogP contribution in [0.25, 0.3) is 0 Å². The molecule has 0 aromatic rings. The predicted molar refractivity (Wildman–Crippen MR) is 42.5 cm³/mol. The van der Waals surface area contributed by atoms with Gasteiger partial charge in [-0.3, -0.25) is 0 Å². The first kappa shape index (κ1) is 8.27. The zero-order valence-corrected chi connectivity index (χ0v) is 6.89. The molecule has 0 saturated carbocycles. The quantitative estimate of drug-likeness (QED) is 0.462. The first-order valence-electron chi connectivity index (χ1n) is 3.75. The van der Waals surface area contributed by atoms with Gasteiger partial charge in [-0.25, -0.2) is 4.99 Å². The zero-order chi connectivity index (χ0) is 8.43. The van der Waals surface area contributed by atoms with Crippen molar-refractivity contribution < 1.29 is 15.2 Å². The van der Waals surface area contributed by atoms with Crippen LogP contribution in [0.2, 0.25) is 0 Å². The van der Waals surface area contributed by atoms with Crippen molar-refractivity contribution in [2.75, 3.05) is 6.61 Å². The molecule has 3 heteroatoms. The summed E-state index contributed by atoms with van der Waals surface area (Å²) < 4.78 is 0. The molecule has 1 rings (SSSR count). The van der Waals surface area contributed by atoms with Crippen molar-refractivity contribution in [2.24, 2.45) is 0 Å². The molecule has 11 heavy (non-hydrogen) atoms. The topological polar surface area (TPSA) is 54.4 Å². The minimum atomic E-state index is -0.0000926. The maximum Gasteiger partial charge on any atom is 0.362 e. The van der Waals surface area contributed by atoms with E-state index in [4.69, 9.17) is 5.11 Å². The summed E-state index contributed by atoms with van der Waals surface area (Å²) >= 11 is 0. The Morgan fingerprint density at radius 2 is 2.27 bits per heavy atom. The van der Waals surface area contributed by atoms with Crippen molar-refractivity contribution in [3.8, 4) is 0 Å². The fraction of sp³-hybridized carbons (Fsp3) is 0.625. The number of aliphatic hydroxyl groups is 2. The van der Waals surface area contributed by atoms with Gasteiger partial charge in [-0.05, 0) is 13.8 Å². The average Bonchev–Trinajstić information content (AvgIpc) is 2.30. The first-order valence-corrected chi connectivity index (χ1v) is 3.75. The van der Waals surface area contributed by atoms with E-state index in [-0.39, 0.29) is 18.5 Å². The molecule has 0 aromatic carbocycles. The first-order chi connectivity index (χ1) is 5.15. The van der Waals surface area contributed by atoms with Crippen LogP contribution in [0.3, 0.4) is 0 Å². The molecule has 1 aliphatic heterocycles. The Balaban J connectivity index is 2.80. The van der Waals surface area contributed by atoms with E-state index < -0.39 is 0 Å². The monoisotopic (exact) mass is 156 g/mol.